The fourth-order valence-corrected chi connectivity index (χ4v) is 3.18. The van der Waals surface area contributed by atoms with Crippen LogP contribution in [0.4, 0.5) is 14.5 Å². The number of carbonyl (C=O) groups excluding carboxylic acids is 1. The maximum Gasteiger partial charge on any atom is 0.228 e. The molecule has 1 amide bonds. The van der Waals surface area contributed by atoms with Gasteiger partial charge >= 0.3 is 0 Å². The van der Waals surface area contributed by atoms with Gasteiger partial charge in [0.1, 0.15) is 0 Å². The number of anilines is 1. The molecule has 132 valence electrons. The molecule has 3 nitrogen and oxygen atoms in total. The Balaban J connectivity index is 1.59. The van der Waals surface area contributed by atoms with Gasteiger partial charge in [-0.3, -0.25) is 9.69 Å². The number of carbonyl (C=O) groups is 1. The van der Waals surface area contributed by atoms with Crippen LogP contribution in [0.2, 0.25) is 0 Å². The molecule has 25 heavy (non-hydrogen) atoms. The van der Waals surface area contributed by atoms with Crippen molar-refractivity contribution in [3.63, 3.8) is 0 Å². The highest BCUT2D eigenvalue weighted by atomic mass is 19.2. The Hall–Kier alpha value is -2.27. The van der Waals surface area contributed by atoms with Crippen molar-refractivity contribution < 1.29 is 13.6 Å². The number of aryl methyl sites for hydroxylation is 1. The van der Waals surface area contributed by atoms with Gasteiger partial charge in [-0.25, -0.2) is 8.78 Å². The van der Waals surface area contributed by atoms with Gasteiger partial charge in [-0.2, -0.15) is 0 Å². The summed E-state index contributed by atoms with van der Waals surface area (Å²) in [6.07, 6.45) is 1.75. The number of likely N-dealkylation sites (tertiary alicyclic amines) is 1. The van der Waals surface area contributed by atoms with Gasteiger partial charge in [0, 0.05) is 24.8 Å². The topological polar surface area (TPSA) is 32.3 Å². The lowest BCUT2D eigenvalue weighted by molar-refractivity contribution is -0.121. The van der Waals surface area contributed by atoms with E-state index in [0.29, 0.717) is 12.2 Å². The van der Waals surface area contributed by atoms with Crippen LogP contribution in [0.15, 0.2) is 42.5 Å². The molecule has 0 bridgehead atoms. The molecule has 3 rings (SSSR count). The summed E-state index contributed by atoms with van der Waals surface area (Å²) in [5, 5.41) is 2.70. The highest BCUT2D eigenvalue weighted by molar-refractivity contribution is 5.92. The van der Waals surface area contributed by atoms with E-state index in [4.69, 9.17) is 0 Å². The van der Waals surface area contributed by atoms with Crippen molar-refractivity contribution in [3.8, 4) is 0 Å². The van der Waals surface area contributed by atoms with Crippen LogP contribution in [0.1, 0.15) is 24.0 Å². The molecular formula is C20H22F2N2O. The third-order valence-electron chi connectivity index (χ3n) is 4.59. The van der Waals surface area contributed by atoms with Crippen molar-refractivity contribution in [2.45, 2.75) is 26.3 Å². The molecule has 1 saturated heterocycles. The summed E-state index contributed by atoms with van der Waals surface area (Å²) in [6, 6.07) is 11.8. The fourth-order valence-electron chi connectivity index (χ4n) is 3.18. The number of benzene rings is 2. The average Bonchev–Trinajstić information content (AvgIpc) is 2.60. The summed E-state index contributed by atoms with van der Waals surface area (Å²) in [6.45, 7) is 4.50. The Morgan fingerprint density at radius 1 is 1.16 bits per heavy atom. The minimum absolute atomic E-state index is 0.139. The van der Waals surface area contributed by atoms with Crippen LogP contribution < -0.4 is 5.32 Å². The number of nitrogens with zero attached hydrogens (tertiary/aromatic N) is 1. The lowest BCUT2D eigenvalue weighted by Gasteiger charge is -2.32. The summed E-state index contributed by atoms with van der Waals surface area (Å²) in [5.41, 5.74) is 2.75. The fraction of sp³-hybridized carbons (Fsp3) is 0.350. The van der Waals surface area contributed by atoms with Gasteiger partial charge in [0.15, 0.2) is 11.6 Å². The maximum atomic E-state index is 13.3. The second-order valence-electron chi connectivity index (χ2n) is 6.68. The summed E-state index contributed by atoms with van der Waals surface area (Å²) in [7, 11) is 0. The summed E-state index contributed by atoms with van der Waals surface area (Å²) in [4.78, 5) is 14.7. The largest absolute Gasteiger partial charge is 0.326 e. The van der Waals surface area contributed by atoms with E-state index in [1.165, 1.54) is 17.2 Å². The Labute approximate surface area is 146 Å². The quantitative estimate of drug-likeness (QED) is 0.905. The SMILES string of the molecule is Cc1ccc(CN2CCCC(C(=O)Nc3ccc(F)c(F)c3)C2)cc1. The van der Waals surface area contributed by atoms with Crippen LogP contribution in [0.25, 0.3) is 0 Å². The van der Waals surface area contributed by atoms with Gasteiger partial charge in [-0.15, -0.1) is 0 Å². The number of halogens is 2. The number of hydrogen-bond acceptors (Lipinski definition) is 2. The number of piperidine rings is 1. The van der Waals surface area contributed by atoms with Gasteiger partial charge < -0.3 is 5.32 Å². The zero-order chi connectivity index (χ0) is 17.8. The molecule has 1 unspecified atom stereocenters. The van der Waals surface area contributed by atoms with Gasteiger partial charge in [0.2, 0.25) is 5.91 Å². The molecule has 0 aliphatic carbocycles. The van der Waals surface area contributed by atoms with E-state index in [-0.39, 0.29) is 11.8 Å². The lowest BCUT2D eigenvalue weighted by Crippen LogP contribution is -2.40. The first-order chi connectivity index (χ1) is 12.0. The minimum Gasteiger partial charge on any atom is -0.326 e. The monoisotopic (exact) mass is 344 g/mol. The Morgan fingerprint density at radius 3 is 2.64 bits per heavy atom. The predicted octanol–water partition coefficient (Wildman–Crippen LogP) is 4.12. The molecule has 2 aromatic rings. The Bertz CT molecular complexity index is 746. The van der Waals surface area contributed by atoms with Crippen LogP contribution >= 0.6 is 0 Å². The van der Waals surface area contributed by atoms with Gasteiger partial charge in [-0.05, 0) is 44.0 Å². The molecule has 5 heteroatoms. The van der Waals surface area contributed by atoms with Crippen LogP contribution in [0.3, 0.4) is 0 Å². The standard InChI is InChI=1S/C20H22F2N2O/c1-14-4-6-15(7-5-14)12-24-10-2-3-16(13-24)20(25)23-17-8-9-18(21)19(22)11-17/h4-9,11,16H,2-3,10,12-13H2,1H3,(H,23,25). The molecule has 0 spiro atoms. The van der Waals surface area contributed by atoms with Crippen molar-refractivity contribution in [2.24, 2.45) is 5.92 Å². The molecule has 1 atom stereocenters. The third-order valence-corrected chi connectivity index (χ3v) is 4.59. The number of rotatable bonds is 4. The number of nitrogens with one attached hydrogen (secondary N) is 1. The molecule has 1 heterocycles. The molecule has 1 aliphatic rings. The van der Waals surface area contributed by atoms with E-state index in [9.17, 15) is 13.6 Å². The summed E-state index contributed by atoms with van der Waals surface area (Å²) in [5.74, 6) is -2.16. The first kappa shape index (κ1) is 17.5. The van der Waals surface area contributed by atoms with Crippen molar-refractivity contribution in [1.82, 2.24) is 4.90 Å². The predicted molar refractivity (Wildman–Crippen MR) is 94.2 cm³/mol. The Morgan fingerprint density at radius 2 is 1.92 bits per heavy atom. The summed E-state index contributed by atoms with van der Waals surface area (Å²) >= 11 is 0. The van der Waals surface area contributed by atoms with Crippen LogP contribution in [-0.2, 0) is 11.3 Å². The highest BCUT2D eigenvalue weighted by Gasteiger charge is 2.26. The average molecular weight is 344 g/mol. The van der Waals surface area contributed by atoms with E-state index < -0.39 is 11.6 Å². The normalized spacial score (nSPS) is 18.1. The third kappa shape index (κ3) is 4.63. The van der Waals surface area contributed by atoms with Gasteiger partial charge in [0.25, 0.3) is 0 Å². The van der Waals surface area contributed by atoms with Crippen LogP contribution in [-0.4, -0.2) is 23.9 Å². The minimum atomic E-state index is -0.956. The zero-order valence-corrected chi connectivity index (χ0v) is 14.3. The first-order valence-corrected chi connectivity index (χ1v) is 8.55. The van der Waals surface area contributed by atoms with E-state index >= 15 is 0 Å². The van der Waals surface area contributed by atoms with Crippen molar-refractivity contribution in [2.75, 3.05) is 18.4 Å². The van der Waals surface area contributed by atoms with Crippen molar-refractivity contribution >= 4 is 11.6 Å². The zero-order valence-electron chi connectivity index (χ0n) is 14.3. The van der Waals surface area contributed by atoms with E-state index in [1.54, 1.807) is 0 Å². The molecule has 2 aromatic carbocycles. The van der Waals surface area contributed by atoms with Gasteiger partial charge in [-0.1, -0.05) is 29.8 Å². The molecule has 0 aromatic heterocycles. The molecular weight excluding hydrogens is 322 g/mol. The molecule has 1 N–H and O–H groups in total. The molecule has 1 aliphatic heterocycles. The molecule has 1 fully saturated rings. The van der Waals surface area contributed by atoms with E-state index in [2.05, 4.69) is 41.4 Å². The van der Waals surface area contributed by atoms with Crippen molar-refractivity contribution in [1.29, 1.82) is 0 Å². The second-order valence-corrected chi connectivity index (χ2v) is 6.68. The highest BCUT2D eigenvalue weighted by Crippen LogP contribution is 2.21. The maximum absolute atomic E-state index is 13.3. The first-order valence-electron chi connectivity index (χ1n) is 8.55. The van der Waals surface area contributed by atoms with E-state index in [1.807, 2.05) is 0 Å². The number of amides is 1. The summed E-state index contributed by atoms with van der Waals surface area (Å²) < 4.78 is 26.2. The number of hydrogen-bond donors (Lipinski definition) is 1. The lowest BCUT2D eigenvalue weighted by atomic mass is 9.96. The second kappa shape index (κ2) is 7.74. The molecule has 0 saturated carbocycles. The smallest absolute Gasteiger partial charge is 0.228 e. The van der Waals surface area contributed by atoms with Crippen LogP contribution in [0.5, 0.6) is 0 Å². The molecule has 0 radical (unpaired) electrons. The van der Waals surface area contributed by atoms with Crippen molar-refractivity contribution in [3.05, 3.63) is 65.2 Å². The Kier molecular flexibility index (Phi) is 5.43. The van der Waals surface area contributed by atoms with Gasteiger partial charge in [0.05, 0.1) is 5.92 Å². The van der Waals surface area contributed by atoms with Crippen LogP contribution in [0, 0.1) is 24.5 Å². The van der Waals surface area contributed by atoms with E-state index in [0.717, 1.165) is 38.1 Å².